The third-order valence-electron chi connectivity index (χ3n) is 5.30. The predicted molar refractivity (Wildman–Crippen MR) is 118 cm³/mol. The first-order valence-corrected chi connectivity index (χ1v) is 11.4. The third kappa shape index (κ3) is 4.49. The lowest BCUT2D eigenvalue weighted by Gasteiger charge is -2.28. The van der Waals surface area contributed by atoms with Gasteiger partial charge in [0.2, 0.25) is 10.0 Å². The van der Waals surface area contributed by atoms with E-state index in [1.807, 2.05) is 13.0 Å². The lowest BCUT2D eigenvalue weighted by atomic mass is 10.0. The molecule has 3 aromatic carbocycles. The summed E-state index contributed by atoms with van der Waals surface area (Å²) in [6.45, 7) is 2.40. The molecule has 0 atom stereocenters. The normalized spacial score (nSPS) is 14.0. The Balaban J connectivity index is 1.50. The smallest absolute Gasteiger partial charge is 0.308 e. The van der Waals surface area contributed by atoms with E-state index in [0.717, 1.165) is 28.8 Å². The number of carbonyl (C=O) groups excluding carboxylic acids is 1. The van der Waals surface area contributed by atoms with Gasteiger partial charge in [-0.15, -0.1) is 0 Å². The van der Waals surface area contributed by atoms with Crippen LogP contribution in [0.1, 0.15) is 16.7 Å². The van der Waals surface area contributed by atoms with Crippen LogP contribution in [0.3, 0.4) is 0 Å². The van der Waals surface area contributed by atoms with Crippen LogP contribution in [0.15, 0.2) is 65.6 Å². The van der Waals surface area contributed by atoms with Crippen LogP contribution in [0.25, 0.3) is 0 Å². The van der Waals surface area contributed by atoms with E-state index in [0.29, 0.717) is 18.7 Å². The fourth-order valence-corrected chi connectivity index (χ4v) is 4.99. The van der Waals surface area contributed by atoms with Crippen molar-refractivity contribution in [1.29, 1.82) is 0 Å². The topological polar surface area (TPSA) is 78.5 Å². The number of nitrogens with zero attached hydrogens (tertiary/aromatic N) is 1. The van der Waals surface area contributed by atoms with Crippen molar-refractivity contribution in [3.8, 4) is 0 Å². The Hall–Kier alpha value is -3.30. The summed E-state index contributed by atoms with van der Waals surface area (Å²) in [5, 5.41) is 4.69. The summed E-state index contributed by atoms with van der Waals surface area (Å²) < 4.78 is 54.9. The number of benzene rings is 3. The molecule has 0 saturated carbocycles. The average molecular weight is 458 g/mol. The Labute approximate surface area is 184 Å². The van der Waals surface area contributed by atoms with Gasteiger partial charge in [0.25, 0.3) is 0 Å². The van der Waals surface area contributed by atoms with Gasteiger partial charge in [-0.25, -0.2) is 22.0 Å². The quantitative estimate of drug-likeness (QED) is 0.598. The number of hydrogen-bond acceptors (Lipinski definition) is 3. The Kier molecular flexibility index (Phi) is 5.94. The van der Waals surface area contributed by atoms with Crippen LogP contribution in [0.2, 0.25) is 0 Å². The highest BCUT2D eigenvalue weighted by molar-refractivity contribution is 7.89. The summed E-state index contributed by atoms with van der Waals surface area (Å²) in [7, 11) is -3.66. The number of nitrogens with one attached hydrogen (secondary N) is 2. The molecule has 1 aliphatic rings. The first-order valence-electron chi connectivity index (χ1n) is 9.95. The molecule has 2 amide bonds. The minimum absolute atomic E-state index is 0.157. The van der Waals surface area contributed by atoms with Gasteiger partial charge in [-0.3, -0.25) is 0 Å². The van der Waals surface area contributed by atoms with Gasteiger partial charge >= 0.3 is 6.03 Å². The molecule has 0 aliphatic carbocycles. The van der Waals surface area contributed by atoms with Crippen molar-refractivity contribution in [1.82, 2.24) is 4.31 Å². The predicted octanol–water partition coefficient (Wildman–Crippen LogP) is 4.66. The van der Waals surface area contributed by atoms with Gasteiger partial charge in [0.05, 0.1) is 4.90 Å². The standard InChI is InChI=1S/C23H21F2N3O3S/c1-15-5-9-19(10-6-15)32(30,31)28-12-11-16-7-8-18(13-17(16)14-28)26-23(29)27-22-20(24)3-2-4-21(22)25/h2-10,13H,11-12,14H2,1H3,(H2,26,27,29). The van der Waals surface area contributed by atoms with Gasteiger partial charge in [-0.1, -0.05) is 29.8 Å². The number of amides is 2. The minimum atomic E-state index is -3.66. The molecule has 0 radical (unpaired) electrons. The van der Waals surface area contributed by atoms with Crippen molar-refractivity contribution in [3.05, 3.63) is 89.0 Å². The molecule has 0 unspecified atom stereocenters. The monoisotopic (exact) mass is 457 g/mol. The van der Waals surface area contributed by atoms with Crippen LogP contribution in [0.4, 0.5) is 25.0 Å². The van der Waals surface area contributed by atoms with Gasteiger partial charge < -0.3 is 10.6 Å². The summed E-state index contributed by atoms with van der Waals surface area (Å²) in [6, 6.07) is 14.3. The van der Waals surface area contributed by atoms with E-state index in [9.17, 15) is 22.0 Å². The van der Waals surface area contributed by atoms with Crippen LogP contribution in [-0.4, -0.2) is 25.3 Å². The molecule has 1 aliphatic heterocycles. The average Bonchev–Trinajstić information content (AvgIpc) is 2.76. The zero-order valence-corrected chi connectivity index (χ0v) is 18.0. The number of urea groups is 1. The molecule has 166 valence electrons. The number of hydrogen-bond donors (Lipinski definition) is 2. The maximum absolute atomic E-state index is 13.7. The number of para-hydroxylation sites is 1. The van der Waals surface area contributed by atoms with Crippen molar-refractivity contribution in [2.45, 2.75) is 24.8 Å². The minimum Gasteiger partial charge on any atom is -0.308 e. The summed E-state index contributed by atoms with van der Waals surface area (Å²) in [5.74, 6) is -1.77. The fraction of sp³-hybridized carbons (Fsp3) is 0.174. The van der Waals surface area contributed by atoms with Crippen LogP contribution < -0.4 is 10.6 Å². The molecular weight excluding hydrogens is 436 g/mol. The maximum atomic E-state index is 13.7. The Morgan fingerprint density at radius 2 is 1.62 bits per heavy atom. The summed E-state index contributed by atoms with van der Waals surface area (Å²) in [4.78, 5) is 12.5. The van der Waals surface area contributed by atoms with Crippen molar-refractivity contribution in [2.24, 2.45) is 0 Å². The van der Waals surface area contributed by atoms with Gasteiger partial charge in [0, 0.05) is 18.8 Å². The zero-order chi connectivity index (χ0) is 22.9. The number of halogens is 2. The molecule has 0 saturated heterocycles. The SMILES string of the molecule is Cc1ccc(S(=O)(=O)N2CCc3ccc(NC(=O)Nc4c(F)cccc4F)cc3C2)cc1. The molecule has 32 heavy (non-hydrogen) atoms. The molecule has 3 aromatic rings. The highest BCUT2D eigenvalue weighted by Gasteiger charge is 2.28. The highest BCUT2D eigenvalue weighted by atomic mass is 32.2. The molecule has 4 rings (SSSR count). The molecule has 0 aromatic heterocycles. The Bertz CT molecular complexity index is 1260. The first-order chi connectivity index (χ1) is 15.2. The van der Waals surface area contributed by atoms with Gasteiger partial charge in [-0.2, -0.15) is 4.31 Å². The largest absolute Gasteiger partial charge is 0.323 e. The maximum Gasteiger partial charge on any atom is 0.323 e. The van der Waals surface area contributed by atoms with Gasteiger partial charge in [0.1, 0.15) is 17.3 Å². The molecule has 1 heterocycles. The van der Waals surface area contributed by atoms with Crippen LogP contribution in [-0.2, 0) is 23.0 Å². The van der Waals surface area contributed by atoms with E-state index in [1.54, 1.807) is 36.4 Å². The third-order valence-corrected chi connectivity index (χ3v) is 7.16. The first kappa shape index (κ1) is 21.9. The van der Waals surface area contributed by atoms with E-state index in [-0.39, 0.29) is 11.4 Å². The molecule has 6 nitrogen and oxygen atoms in total. The number of carbonyl (C=O) groups is 1. The van der Waals surface area contributed by atoms with Crippen LogP contribution in [0.5, 0.6) is 0 Å². The zero-order valence-electron chi connectivity index (χ0n) is 17.2. The second-order valence-electron chi connectivity index (χ2n) is 7.56. The fourth-order valence-electron chi connectivity index (χ4n) is 3.57. The molecule has 9 heteroatoms. The Morgan fingerprint density at radius 3 is 2.31 bits per heavy atom. The second-order valence-corrected chi connectivity index (χ2v) is 9.50. The molecule has 0 fully saturated rings. The summed E-state index contributed by atoms with van der Waals surface area (Å²) >= 11 is 0. The molecule has 2 N–H and O–H groups in total. The number of sulfonamides is 1. The van der Waals surface area contributed by atoms with Gasteiger partial charge in [0.15, 0.2) is 0 Å². The molecular formula is C23H21F2N3O3S. The highest BCUT2D eigenvalue weighted by Crippen LogP contribution is 2.27. The number of anilines is 2. The van der Waals surface area contributed by atoms with Crippen molar-refractivity contribution in [2.75, 3.05) is 17.2 Å². The lowest BCUT2D eigenvalue weighted by molar-refractivity contribution is 0.262. The van der Waals surface area contributed by atoms with Crippen molar-refractivity contribution >= 4 is 27.4 Å². The Morgan fingerprint density at radius 1 is 0.938 bits per heavy atom. The number of fused-ring (bicyclic) bond motifs is 1. The summed E-state index contributed by atoms with van der Waals surface area (Å²) in [6.07, 6.45) is 0.535. The van der Waals surface area contributed by atoms with E-state index in [4.69, 9.17) is 0 Å². The van der Waals surface area contributed by atoms with Crippen molar-refractivity contribution < 1.29 is 22.0 Å². The number of rotatable bonds is 4. The van der Waals surface area contributed by atoms with Crippen LogP contribution in [0, 0.1) is 18.6 Å². The van der Waals surface area contributed by atoms with E-state index in [2.05, 4.69) is 10.6 Å². The van der Waals surface area contributed by atoms with E-state index >= 15 is 0 Å². The summed E-state index contributed by atoms with van der Waals surface area (Å²) in [5.41, 5.74) is 2.54. The van der Waals surface area contributed by atoms with Crippen LogP contribution >= 0.6 is 0 Å². The van der Waals surface area contributed by atoms with Crippen molar-refractivity contribution in [3.63, 3.8) is 0 Å². The lowest BCUT2D eigenvalue weighted by Crippen LogP contribution is -2.36. The molecule has 0 spiro atoms. The van der Waals surface area contributed by atoms with E-state index in [1.165, 1.54) is 10.4 Å². The van der Waals surface area contributed by atoms with Gasteiger partial charge in [-0.05, 0) is 60.9 Å². The molecule has 0 bridgehead atoms. The van der Waals surface area contributed by atoms with E-state index < -0.39 is 33.4 Å². The second kappa shape index (κ2) is 8.68. The number of aryl methyl sites for hydroxylation is 1.